The monoisotopic (exact) mass is 402 g/mol. The topological polar surface area (TPSA) is 42.0 Å². The van der Waals surface area contributed by atoms with Gasteiger partial charge in [-0.2, -0.15) is 0 Å². The molecule has 1 saturated heterocycles. The predicted octanol–water partition coefficient (Wildman–Crippen LogP) is 4.31. The average molecular weight is 402 g/mol. The van der Waals surface area contributed by atoms with E-state index in [9.17, 15) is 4.79 Å². The van der Waals surface area contributed by atoms with Crippen LogP contribution < -0.4 is 9.47 Å². The SMILES string of the molecule is COc1ccc2ccc3c(c2c1)OC1(CCN(Cc2ccccc2)CC1)N(C)C3=O. The van der Waals surface area contributed by atoms with Gasteiger partial charge in [0.05, 0.1) is 12.7 Å². The van der Waals surface area contributed by atoms with E-state index in [2.05, 4.69) is 29.2 Å². The predicted molar refractivity (Wildman–Crippen MR) is 117 cm³/mol. The van der Waals surface area contributed by atoms with Crippen LogP contribution in [0.3, 0.4) is 0 Å². The number of piperidine rings is 1. The Balaban J connectivity index is 1.44. The lowest BCUT2D eigenvalue weighted by atomic mass is 9.93. The Kier molecular flexibility index (Phi) is 4.63. The molecule has 1 amide bonds. The van der Waals surface area contributed by atoms with E-state index < -0.39 is 5.72 Å². The summed E-state index contributed by atoms with van der Waals surface area (Å²) in [5, 5.41) is 1.97. The number of hydrogen-bond donors (Lipinski definition) is 0. The van der Waals surface area contributed by atoms with Crippen molar-refractivity contribution < 1.29 is 14.3 Å². The lowest BCUT2D eigenvalue weighted by Crippen LogP contribution is -2.61. The van der Waals surface area contributed by atoms with E-state index in [1.54, 1.807) is 12.0 Å². The van der Waals surface area contributed by atoms with Gasteiger partial charge in [-0.25, -0.2) is 0 Å². The highest BCUT2D eigenvalue weighted by Crippen LogP contribution is 2.43. The Labute approximate surface area is 176 Å². The van der Waals surface area contributed by atoms with Crippen LogP contribution in [0.1, 0.15) is 28.8 Å². The van der Waals surface area contributed by atoms with Crippen molar-refractivity contribution in [2.45, 2.75) is 25.1 Å². The van der Waals surface area contributed by atoms with Crippen molar-refractivity contribution in [2.24, 2.45) is 0 Å². The average Bonchev–Trinajstić information content (AvgIpc) is 2.79. The number of nitrogens with zero attached hydrogens (tertiary/aromatic N) is 2. The molecule has 1 spiro atoms. The molecular formula is C25H26N2O3. The molecule has 0 aliphatic carbocycles. The first-order valence-corrected chi connectivity index (χ1v) is 10.4. The van der Waals surface area contributed by atoms with E-state index in [0.29, 0.717) is 11.3 Å². The quantitative estimate of drug-likeness (QED) is 0.655. The number of hydrogen-bond acceptors (Lipinski definition) is 4. The Morgan fingerprint density at radius 3 is 2.50 bits per heavy atom. The third-order valence-electron chi connectivity index (χ3n) is 6.50. The van der Waals surface area contributed by atoms with Crippen LogP contribution in [0.15, 0.2) is 60.7 Å². The zero-order valence-electron chi connectivity index (χ0n) is 17.4. The van der Waals surface area contributed by atoms with Gasteiger partial charge in [0.15, 0.2) is 5.72 Å². The first kappa shape index (κ1) is 18.9. The van der Waals surface area contributed by atoms with E-state index in [0.717, 1.165) is 49.0 Å². The minimum atomic E-state index is -0.603. The molecule has 2 aliphatic heterocycles. The second kappa shape index (κ2) is 7.33. The van der Waals surface area contributed by atoms with Crippen LogP contribution in [0.2, 0.25) is 0 Å². The van der Waals surface area contributed by atoms with Gasteiger partial charge in [0, 0.05) is 44.9 Å². The molecule has 0 atom stereocenters. The maximum atomic E-state index is 13.3. The fraction of sp³-hybridized carbons (Fsp3) is 0.320. The molecule has 0 aromatic heterocycles. The lowest BCUT2D eigenvalue weighted by Gasteiger charge is -2.49. The largest absolute Gasteiger partial charge is 0.497 e. The number of fused-ring (bicyclic) bond motifs is 3. The van der Waals surface area contributed by atoms with Gasteiger partial charge in [0.1, 0.15) is 11.5 Å². The summed E-state index contributed by atoms with van der Waals surface area (Å²) in [6, 6.07) is 20.3. The van der Waals surface area contributed by atoms with Crippen molar-refractivity contribution in [1.82, 2.24) is 9.80 Å². The molecular weight excluding hydrogens is 376 g/mol. The molecule has 5 nitrogen and oxygen atoms in total. The van der Waals surface area contributed by atoms with Crippen molar-refractivity contribution in [2.75, 3.05) is 27.2 Å². The number of rotatable bonds is 3. The van der Waals surface area contributed by atoms with Crippen LogP contribution in [0.4, 0.5) is 0 Å². The van der Waals surface area contributed by atoms with Crippen molar-refractivity contribution in [3.05, 3.63) is 71.8 Å². The summed E-state index contributed by atoms with van der Waals surface area (Å²) in [4.78, 5) is 17.5. The highest BCUT2D eigenvalue weighted by molar-refractivity contribution is 6.05. The minimum Gasteiger partial charge on any atom is -0.497 e. The van der Waals surface area contributed by atoms with Crippen LogP contribution in [-0.2, 0) is 6.54 Å². The molecule has 0 radical (unpaired) electrons. The van der Waals surface area contributed by atoms with Crippen LogP contribution in [-0.4, -0.2) is 48.7 Å². The minimum absolute atomic E-state index is 0.0254. The Morgan fingerprint density at radius 1 is 1.03 bits per heavy atom. The molecule has 0 saturated carbocycles. The number of benzene rings is 3. The molecule has 0 N–H and O–H groups in total. The smallest absolute Gasteiger partial charge is 0.260 e. The second-order valence-corrected chi connectivity index (χ2v) is 8.20. The van der Waals surface area contributed by atoms with E-state index in [4.69, 9.17) is 9.47 Å². The third-order valence-corrected chi connectivity index (χ3v) is 6.50. The molecule has 0 unspecified atom stereocenters. The van der Waals surface area contributed by atoms with Gasteiger partial charge in [-0.1, -0.05) is 42.5 Å². The summed E-state index contributed by atoms with van der Waals surface area (Å²) in [5.41, 5.74) is 1.33. The first-order chi connectivity index (χ1) is 14.6. The van der Waals surface area contributed by atoms with Gasteiger partial charge >= 0.3 is 0 Å². The summed E-state index contributed by atoms with van der Waals surface area (Å²) in [7, 11) is 3.52. The Morgan fingerprint density at radius 2 is 1.77 bits per heavy atom. The molecule has 30 heavy (non-hydrogen) atoms. The standard InChI is InChI=1S/C25H26N2O3/c1-26-24(28)21-11-9-19-8-10-20(29-2)16-22(19)23(21)30-25(26)12-14-27(15-13-25)17-18-6-4-3-5-7-18/h3-11,16H,12-15,17H2,1-2H3. The summed E-state index contributed by atoms with van der Waals surface area (Å²) >= 11 is 0. The van der Waals surface area contributed by atoms with Gasteiger partial charge in [-0.05, 0) is 29.1 Å². The number of ether oxygens (including phenoxy) is 2. The van der Waals surface area contributed by atoms with Crippen molar-refractivity contribution in [3.63, 3.8) is 0 Å². The molecule has 1 fully saturated rings. The number of likely N-dealkylation sites (tertiary alicyclic amines) is 1. The highest BCUT2D eigenvalue weighted by atomic mass is 16.5. The van der Waals surface area contributed by atoms with Crippen molar-refractivity contribution in [1.29, 1.82) is 0 Å². The van der Waals surface area contributed by atoms with Crippen molar-refractivity contribution >= 4 is 16.7 Å². The molecule has 2 aliphatic rings. The van der Waals surface area contributed by atoms with Crippen LogP contribution in [0, 0.1) is 0 Å². The Bertz CT molecular complexity index is 1090. The number of carbonyl (C=O) groups is 1. The summed E-state index contributed by atoms with van der Waals surface area (Å²) < 4.78 is 12.1. The van der Waals surface area contributed by atoms with Gasteiger partial charge in [0.2, 0.25) is 0 Å². The van der Waals surface area contributed by atoms with Gasteiger partial charge in [0.25, 0.3) is 5.91 Å². The van der Waals surface area contributed by atoms with E-state index in [1.807, 2.05) is 43.4 Å². The summed E-state index contributed by atoms with van der Waals surface area (Å²) in [5.74, 6) is 1.47. The highest BCUT2D eigenvalue weighted by Gasteiger charge is 2.47. The van der Waals surface area contributed by atoms with Gasteiger partial charge < -0.3 is 14.4 Å². The molecule has 5 rings (SSSR count). The third kappa shape index (κ3) is 3.10. The van der Waals surface area contributed by atoms with Crippen LogP contribution in [0.5, 0.6) is 11.5 Å². The number of carbonyl (C=O) groups excluding carboxylic acids is 1. The molecule has 3 aromatic carbocycles. The van der Waals surface area contributed by atoms with Crippen molar-refractivity contribution in [3.8, 4) is 11.5 Å². The lowest BCUT2D eigenvalue weighted by molar-refractivity contribution is -0.101. The second-order valence-electron chi connectivity index (χ2n) is 8.20. The van der Waals surface area contributed by atoms with Crippen LogP contribution in [0.25, 0.3) is 10.8 Å². The molecule has 3 aromatic rings. The number of amides is 1. The van der Waals surface area contributed by atoms with Gasteiger partial charge in [-0.3, -0.25) is 9.69 Å². The molecule has 2 heterocycles. The fourth-order valence-electron chi connectivity index (χ4n) is 4.64. The zero-order chi connectivity index (χ0) is 20.7. The van der Waals surface area contributed by atoms with E-state index >= 15 is 0 Å². The van der Waals surface area contributed by atoms with Crippen LogP contribution >= 0.6 is 0 Å². The summed E-state index contributed by atoms with van der Waals surface area (Å²) in [6.07, 6.45) is 1.56. The van der Waals surface area contributed by atoms with Gasteiger partial charge in [-0.15, -0.1) is 0 Å². The molecule has 0 bridgehead atoms. The molecule has 5 heteroatoms. The normalized spacial score (nSPS) is 18.3. The number of methoxy groups -OCH3 is 1. The first-order valence-electron chi connectivity index (χ1n) is 10.4. The molecule has 154 valence electrons. The summed E-state index contributed by atoms with van der Waals surface area (Å²) in [6.45, 7) is 2.69. The fourth-order valence-corrected chi connectivity index (χ4v) is 4.64. The van der Waals surface area contributed by atoms with E-state index in [-0.39, 0.29) is 5.91 Å². The maximum Gasteiger partial charge on any atom is 0.260 e. The zero-order valence-corrected chi connectivity index (χ0v) is 17.4. The maximum absolute atomic E-state index is 13.3. The van der Waals surface area contributed by atoms with E-state index in [1.165, 1.54) is 5.56 Å². The Hall–Kier alpha value is -3.05.